The maximum absolute atomic E-state index is 12.5. The number of ether oxygens (including phenoxy) is 1. The van der Waals surface area contributed by atoms with E-state index in [0.717, 1.165) is 12.8 Å². The van der Waals surface area contributed by atoms with E-state index in [0.29, 0.717) is 19.6 Å². The molecule has 0 bridgehead atoms. The van der Waals surface area contributed by atoms with Crippen LogP contribution < -0.4 is 5.32 Å². The first-order valence-corrected chi connectivity index (χ1v) is 7.16. The third-order valence-corrected chi connectivity index (χ3v) is 3.84. The van der Waals surface area contributed by atoms with E-state index in [9.17, 15) is 9.59 Å². The predicted molar refractivity (Wildman–Crippen MR) is 73.7 cm³/mol. The van der Waals surface area contributed by atoms with Gasteiger partial charge in [-0.1, -0.05) is 33.6 Å². The van der Waals surface area contributed by atoms with Crippen LogP contribution in [0.1, 0.15) is 40.0 Å². The van der Waals surface area contributed by atoms with Gasteiger partial charge in [0.15, 0.2) is 0 Å². The van der Waals surface area contributed by atoms with Crippen molar-refractivity contribution < 1.29 is 14.3 Å². The van der Waals surface area contributed by atoms with Gasteiger partial charge in [-0.3, -0.25) is 9.59 Å². The van der Waals surface area contributed by atoms with Crippen molar-refractivity contribution in [3.05, 3.63) is 0 Å². The molecule has 5 nitrogen and oxygen atoms in total. The number of rotatable bonds is 7. The molecule has 0 aromatic heterocycles. The van der Waals surface area contributed by atoms with Gasteiger partial charge in [-0.25, -0.2) is 0 Å². The fraction of sp³-hybridized carbons (Fsp3) is 0.857. The number of methoxy groups -OCH3 is 1. The summed E-state index contributed by atoms with van der Waals surface area (Å²) in [4.78, 5) is 26.4. The molecule has 1 rings (SSSR count). The van der Waals surface area contributed by atoms with E-state index >= 15 is 0 Å². The molecule has 19 heavy (non-hydrogen) atoms. The highest BCUT2D eigenvalue weighted by atomic mass is 16.5. The number of hydrogen-bond acceptors (Lipinski definition) is 3. The van der Waals surface area contributed by atoms with Gasteiger partial charge in [0, 0.05) is 13.7 Å². The van der Waals surface area contributed by atoms with Crippen LogP contribution in [0.5, 0.6) is 0 Å². The second kappa shape index (κ2) is 7.48. The number of piperazine rings is 1. The minimum Gasteiger partial charge on any atom is -0.383 e. The summed E-state index contributed by atoms with van der Waals surface area (Å²) >= 11 is 0. The average molecular weight is 270 g/mol. The zero-order chi connectivity index (χ0) is 14.4. The van der Waals surface area contributed by atoms with Crippen LogP contribution in [0.2, 0.25) is 0 Å². The van der Waals surface area contributed by atoms with Gasteiger partial charge in [0.2, 0.25) is 11.8 Å². The summed E-state index contributed by atoms with van der Waals surface area (Å²) in [6.07, 6.45) is 2.45. The van der Waals surface area contributed by atoms with Crippen LogP contribution in [-0.4, -0.2) is 49.1 Å². The molecule has 110 valence electrons. The first-order chi connectivity index (χ1) is 9.06. The second-order valence-corrected chi connectivity index (χ2v) is 5.20. The fourth-order valence-electron chi connectivity index (χ4n) is 2.42. The fourth-order valence-corrected chi connectivity index (χ4v) is 2.42. The molecule has 0 aromatic rings. The lowest BCUT2D eigenvalue weighted by molar-refractivity contribution is -0.151. The molecule has 1 heterocycles. The van der Waals surface area contributed by atoms with E-state index in [-0.39, 0.29) is 29.8 Å². The maximum Gasteiger partial charge on any atom is 0.246 e. The summed E-state index contributed by atoms with van der Waals surface area (Å²) in [6, 6.07) is -0.726. The van der Waals surface area contributed by atoms with E-state index in [1.807, 2.05) is 20.8 Å². The molecule has 0 spiro atoms. The lowest BCUT2D eigenvalue weighted by Crippen LogP contribution is -2.65. The Morgan fingerprint density at radius 1 is 1.37 bits per heavy atom. The Kier molecular flexibility index (Phi) is 6.28. The Labute approximate surface area is 115 Å². The largest absolute Gasteiger partial charge is 0.383 e. The summed E-state index contributed by atoms with van der Waals surface area (Å²) in [5.74, 6) is 0.163. The van der Waals surface area contributed by atoms with Crippen LogP contribution in [0, 0.1) is 5.92 Å². The highest BCUT2D eigenvalue weighted by molar-refractivity contribution is 5.97. The Hall–Kier alpha value is -1.10. The Bertz CT molecular complexity index is 320. The molecule has 1 N–H and O–H groups in total. The van der Waals surface area contributed by atoms with E-state index in [1.165, 1.54) is 0 Å². The van der Waals surface area contributed by atoms with Gasteiger partial charge in [0.25, 0.3) is 0 Å². The van der Waals surface area contributed by atoms with Gasteiger partial charge in [-0.2, -0.15) is 0 Å². The van der Waals surface area contributed by atoms with Crippen molar-refractivity contribution in [2.45, 2.75) is 52.1 Å². The quantitative estimate of drug-likeness (QED) is 0.755. The Morgan fingerprint density at radius 3 is 2.58 bits per heavy atom. The van der Waals surface area contributed by atoms with Crippen LogP contribution in [-0.2, 0) is 14.3 Å². The second-order valence-electron chi connectivity index (χ2n) is 5.20. The van der Waals surface area contributed by atoms with Crippen molar-refractivity contribution in [3.8, 4) is 0 Å². The van der Waals surface area contributed by atoms with Crippen LogP contribution >= 0.6 is 0 Å². The Morgan fingerprint density at radius 2 is 2.05 bits per heavy atom. The number of carbonyl (C=O) groups is 2. The predicted octanol–water partition coefficient (Wildman–Crippen LogP) is 1.17. The van der Waals surface area contributed by atoms with Crippen molar-refractivity contribution in [1.82, 2.24) is 10.2 Å². The van der Waals surface area contributed by atoms with Crippen LogP contribution in [0.15, 0.2) is 0 Å². The smallest absolute Gasteiger partial charge is 0.246 e. The van der Waals surface area contributed by atoms with Crippen molar-refractivity contribution in [1.29, 1.82) is 0 Å². The Balaban J connectivity index is 2.87. The van der Waals surface area contributed by atoms with Gasteiger partial charge < -0.3 is 15.0 Å². The van der Waals surface area contributed by atoms with Gasteiger partial charge in [-0.15, -0.1) is 0 Å². The summed E-state index contributed by atoms with van der Waals surface area (Å²) in [5, 5.41) is 2.89. The minimum absolute atomic E-state index is 0.0251. The monoisotopic (exact) mass is 270 g/mol. The molecular weight excluding hydrogens is 244 g/mol. The zero-order valence-electron chi connectivity index (χ0n) is 12.4. The molecule has 2 amide bonds. The first-order valence-electron chi connectivity index (χ1n) is 7.16. The topological polar surface area (TPSA) is 58.6 Å². The summed E-state index contributed by atoms with van der Waals surface area (Å²) in [5.41, 5.74) is 0. The third kappa shape index (κ3) is 3.69. The molecule has 1 fully saturated rings. The molecular formula is C14H26N2O3. The number of carbonyl (C=O) groups excluding carboxylic acids is 2. The van der Waals surface area contributed by atoms with E-state index in [2.05, 4.69) is 5.32 Å². The highest BCUT2D eigenvalue weighted by Gasteiger charge is 2.41. The number of nitrogens with zero attached hydrogens (tertiary/aromatic N) is 1. The molecule has 1 saturated heterocycles. The number of hydrogen-bond donors (Lipinski definition) is 1. The minimum atomic E-state index is -0.387. The van der Waals surface area contributed by atoms with Crippen LogP contribution in [0.25, 0.3) is 0 Å². The zero-order valence-corrected chi connectivity index (χ0v) is 12.4. The van der Waals surface area contributed by atoms with E-state index in [1.54, 1.807) is 12.0 Å². The summed E-state index contributed by atoms with van der Waals surface area (Å²) in [7, 11) is 1.61. The van der Waals surface area contributed by atoms with Gasteiger partial charge >= 0.3 is 0 Å². The molecule has 1 aliphatic rings. The average Bonchev–Trinajstić information content (AvgIpc) is 2.41. The van der Waals surface area contributed by atoms with Gasteiger partial charge in [0.1, 0.15) is 12.1 Å². The van der Waals surface area contributed by atoms with Crippen molar-refractivity contribution in [3.63, 3.8) is 0 Å². The molecule has 5 heteroatoms. The normalized spacial score (nSPS) is 25.4. The SMILES string of the molecule is CCCC1C(=O)NC(C(C)CC)C(=O)N1CCOC. The lowest BCUT2D eigenvalue weighted by atomic mass is 9.93. The molecule has 3 unspecified atom stereocenters. The van der Waals surface area contributed by atoms with Gasteiger partial charge in [-0.05, 0) is 12.3 Å². The lowest BCUT2D eigenvalue weighted by Gasteiger charge is -2.40. The van der Waals surface area contributed by atoms with Crippen LogP contribution in [0.3, 0.4) is 0 Å². The van der Waals surface area contributed by atoms with Crippen LogP contribution in [0.4, 0.5) is 0 Å². The highest BCUT2D eigenvalue weighted by Crippen LogP contribution is 2.20. The summed E-state index contributed by atoms with van der Waals surface area (Å²) < 4.78 is 5.05. The van der Waals surface area contributed by atoms with Crippen molar-refractivity contribution in [2.75, 3.05) is 20.3 Å². The van der Waals surface area contributed by atoms with E-state index < -0.39 is 0 Å². The molecule has 0 aromatic carbocycles. The molecule has 3 atom stereocenters. The third-order valence-electron chi connectivity index (χ3n) is 3.84. The molecule has 0 radical (unpaired) electrons. The standard InChI is InChI=1S/C14H26N2O3/c1-5-7-11-13(17)15-12(10(3)6-2)14(18)16(11)8-9-19-4/h10-12H,5-9H2,1-4H3,(H,15,17). The number of nitrogens with one attached hydrogen (secondary N) is 1. The maximum atomic E-state index is 12.5. The van der Waals surface area contributed by atoms with Crippen molar-refractivity contribution >= 4 is 11.8 Å². The van der Waals surface area contributed by atoms with Gasteiger partial charge in [0.05, 0.1) is 6.61 Å². The van der Waals surface area contributed by atoms with E-state index in [4.69, 9.17) is 4.74 Å². The summed E-state index contributed by atoms with van der Waals surface area (Å²) in [6.45, 7) is 7.00. The first kappa shape index (κ1) is 16.0. The molecule has 0 saturated carbocycles. The molecule has 1 aliphatic heterocycles. The number of amides is 2. The van der Waals surface area contributed by atoms with Crippen molar-refractivity contribution in [2.24, 2.45) is 5.92 Å². The molecule has 0 aliphatic carbocycles.